The third-order valence-corrected chi connectivity index (χ3v) is 8.02. The van der Waals surface area contributed by atoms with E-state index in [2.05, 4.69) is 65.0 Å². The van der Waals surface area contributed by atoms with Gasteiger partial charge in [0.2, 0.25) is 11.9 Å². The van der Waals surface area contributed by atoms with Crippen LogP contribution >= 0.6 is 0 Å². The summed E-state index contributed by atoms with van der Waals surface area (Å²) in [5, 5.41) is 3.43. The molecule has 6 bridgehead atoms. The Balaban J connectivity index is 1.30. The molecule has 1 aromatic heterocycles. The Morgan fingerprint density at radius 2 is 1.98 bits per heavy atom. The number of ether oxygens (including phenoxy) is 2. The molecule has 0 spiro atoms. The summed E-state index contributed by atoms with van der Waals surface area (Å²) in [6.07, 6.45) is 10.1. The number of nitrogens with zero attached hydrogens (tertiary/aromatic N) is 5. The van der Waals surface area contributed by atoms with Crippen molar-refractivity contribution in [2.45, 2.75) is 31.9 Å². The molecule has 2 aromatic carbocycles. The number of anilines is 3. The molecule has 0 saturated carbocycles. The number of carbonyl (C=O) groups excluding carboxylic acids is 1. The van der Waals surface area contributed by atoms with Crippen molar-refractivity contribution in [2.75, 3.05) is 63.7 Å². The van der Waals surface area contributed by atoms with Gasteiger partial charge in [-0.05, 0) is 74.3 Å². The number of aromatic nitrogens is 2. The lowest BCUT2D eigenvalue weighted by atomic mass is 10.0. The van der Waals surface area contributed by atoms with Crippen LogP contribution in [0, 0.1) is 0 Å². The van der Waals surface area contributed by atoms with E-state index in [1.54, 1.807) is 6.20 Å². The second-order valence-corrected chi connectivity index (χ2v) is 11.1. The monoisotopic (exact) mass is 582 g/mol. The van der Waals surface area contributed by atoms with E-state index in [0.29, 0.717) is 31.8 Å². The van der Waals surface area contributed by atoms with Crippen molar-refractivity contribution in [2.24, 2.45) is 0 Å². The predicted octanol–water partition coefficient (Wildman–Crippen LogP) is 5.29. The first kappa shape index (κ1) is 30.3. The number of fused-ring (bicyclic) bond motifs is 7. The molecule has 9 nitrogen and oxygen atoms in total. The minimum atomic E-state index is 0.0280. The minimum absolute atomic E-state index is 0.0280. The van der Waals surface area contributed by atoms with Crippen LogP contribution in [0.2, 0.25) is 0 Å². The summed E-state index contributed by atoms with van der Waals surface area (Å²) >= 11 is 0. The lowest BCUT2D eigenvalue weighted by Crippen LogP contribution is -2.46. The van der Waals surface area contributed by atoms with Gasteiger partial charge in [0.15, 0.2) is 0 Å². The maximum atomic E-state index is 12.0. The number of benzene rings is 2. The van der Waals surface area contributed by atoms with Crippen molar-refractivity contribution in [1.82, 2.24) is 19.8 Å². The molecule has 0 unspecified atom stereocenters. The number of rotatable bonds is 6. The zero-order valence-electron chi connectivity index (χ0n) is 25.2. The van der Waals surface area contributed by atoms with E-state index in [1.165, 1.54) is 6.08 Å². The van der Waals surface area contributed by atoms with Crippen LogP contribution in [0.25, 0.3) is 11.3 Å². The molecule has 1 N–H and O–H groups in total. The number of amides is 1. The summed E-state index contributed by atoms with van der Waals surface area (Å²) in [6.45, 7) is 8.58. The van der Waals surface area contributed by atoms with Gasteiger partial charge in [0, 0.05) is 62.4 Å². The van der Waals surface area contributed by atoms with Gasteiger partial charge in [0.1, 0.15) is 5.75 Å². The SMILES string of the molecule is C=CC(=O)N1CCC(N(C)CCN(C)c2cc3cc(c2)Nc2nccc(n2)-c2cccc(c2)OCC/C=C/COC3)CC1. The molecule has 2 aliphatic heterocycles. The molecule has 1 amide bonds. The van der Waals surface area contributed by atoms with Crippen molar-refractivity contribution in [3.8, 4) is 17.0 Å². The van der Waals surface area contributed by atoms with Gasteiger partial charge in [0.25, 0.3) is 0 Å². The fourth-order valence-corrected chi connectivity index (χ4v) is 5.45. The van der Waals surface area contributed by atoms with E-state index in [9.17, 15) is 4.79 Å². The third-order valence-electron chi connectivity index (χ3n) is 8.02. The highest BCUT2D eigenvalue weighted by Gasteiger charge is 2.24. The average Bonchev–Trinajstić information content (AvgIpc) is 3.04. The molecule has 5 rings (SSSR count). The molecular weight excluding hydrogens is 540 g/mol. The summed E-state index contributed by atoms with van der Waals surface area (Å²) < 4.78 is 11.9. The maximum absolute atomic E-state index is 12.0. The highest BCUT2D eigenvalue weighted by atomic mass is 16.5. The van der Waals surface area contributed by atoms with Crippen LogP contribution in [0.15, 0.2) is 79.5 Å². The van der Waals surface area contributed by atoms with Gasteiger partial charge in [-0.25, -0.2) is 9.97 Å². The van der Waals surface area contributed by atoms with Crippen LogP contribution in [-0.4, -0.2) is 85.2 Å². The predicted molar refractivity (Wildman–Crippen MR) is 172 cm³/mol. The Morgan fingerprint density at radius 1 is 1.12 bits per heavy atom. The van der Waals surface area contributed by atoms with Crippen LogP contribution in [0.1, 0.15) is 24.8 Å². The van der Waals surface area contributed by atoms with E-state index in [0.717, 1.165) is 79.4 Å². The number of likely N-dealkylation sites (N-methyl/N-ethyl adjacent to an activating group) is 2. The molecule has 1 fully saturated rings. The normalized spacial score (nSPS) is 16.8. The third kappa shape index (κ3) is 8.43. The van der Waals surface area contributed by atoms with E-state index < -0.39 is 0 Å². The number of piperidine rings is 1. The molecule has 2 aliphatic rings. The Labute approximate surface area is 254 Å². The molecule has 0 radical (unpaired) electrons. The van der Waals surface area contributed by atoms with Gasteiger partial charge in [-0.3, -0.25) is 4.79 Å². The lowest BCUT2D eigenvalue weighted by Gasteiger charge is -2.37. The Morgan fingerprint density at radius 3 is 2.81 bits per heavy atom. The maximum Gasteiger partial charge on any atom is 0.245 e. The Bertz CT molecular complexity index is 1420. The number of hydrogen-bond acceptors (Lipinski definition) is 8. The number of carbonyl (C=O) groups is 1. The molecule has 0 aliphatic carbocycles. The lowest BCUT2D eigenvalue weighted by molar-refractivity contribution is -0.127. The quantitative estimate of drug-likeness (QED) is 0.310. The molecule has 226 valence electrons. The number of hydrogen-bond donors (Lipinski definition) is 1. The second-order valence-electron chi connectivity index (χ2n) is 11.1. The van der Waals surface area contributed by atoms with Gasteiger partial charge in [0.05, 0.1) is 25.5 Å². The standard InChI is InChI=1S/C34H42N6O3/c1-4-33(41)40-15-12-29(13-16-40)38(2)17-18-39(3)30-22-26-21-28(24-30)36-34-35-14-11-32(37-34)27-9-8-10-31(23-27)43-20-7-5-6-19-42-25-26/h4-6,8-11,14,21-24,29H,1,7,12-13,15-20,25H2,2-3H3,(H,35,36,37)/b6-5+. The highest BCUT2D eigenvalue weighted by molar-refractivity contribution is 5.87. The van der Waals surface area contributed by atoms with E-state index in [4.69, 9.17) is 14.5 Å². The molecule has 3 aromatic rings. The first-order valence-corrected chi connectivity index (χ1v) is 15.0. The van der Waals surface area contributed by atoms with E-state index in [1.807, 2.05) is 41.3 Å². The molecule has 9 heteroatoms. The fraction of sp³-hybridized carbons (Fsp3) is 0.382. The van der Waals surface area contributed by atoms with Crippen LogP contribution in [0.4, 0.5) is 17.3 Å². The van der Waals surface area contributed by atoms with Gasteiger partial charge in [-0.2, -0.15) is 0 Å². The van der Waals surface area contributed by atoms with E-state index in [-0.39, 0.29) is 5.91 Å². The van der Waals surface area contributed by atoms with Gasteiger partial charge >= 0.3 is 0 Å². The largest absolute Gasteiger partial charge is 0.493 e. The van der Waals surface area contributed by atoms with Crippen molar-refractivity contribution >= 4 is 23.2 Å². The Hall–Kier alpha value is -4.21. The number of likely N-dealkylation sites (tertiary alicyclic amines) is 1. The fourth-order valence-electron chi connectivity index (χ4n) is 5.45. The first-order chi connectivity index (χ1) is 21.0. The summed E-state index contributed by atoms with van der Waals surface area (Å²) in [5.41, 5.74) is 4.87. The van der Waals surface area contributed by atoms with Crippen LogP contribution in [0.3, 0.4) is 0 Å². The summed E-state index contributed by atoms with van der Waals surface area (Å²) in [6, 6.07) is 16.8. The smallest absolute Gasteiger partial charge is 0.245 e. The zero-order valence-corrected chi connectivity index (χ0v) is 25.2. The first-order valence-electron chi connectivity index (χ1n) is 15.0. The van der Waals surface area contributed by atoms with Gasteiger partial charge in [-0.1, -0.05) is 30.9 Å². The molecule has 1 saturated heterocycles. The van der Waals surface area contributed by atoms with Crippen molar-refractivity contribution in [3.05, 3.63) is 85.1 Å². The van der Waals surface area contributed by atoms with Gasteiger partial charge < -0.3 is 29.5 Å². The topological polar surface area (TPSA) is 83.1 Å². The minimum Gasteiger partial charge on any atom is -0.493 e. The highest BCUT2D eigenvalue weighted by Crippen LogP contribution is 2.27. The molecule has 0 atom stereocenters. The van der Waals surface area contributed by atoms with Crippen molar-refractivity contribution < 1.29 is 14.3 Å². The van der Waals surface area contributed by atoms with Crippen molar-refractivity contribution in [3.63, 3.8) is 0 Å². The summed E-state index contributed by atoms with van der Waals surface area (Å²) in [5.74, 6) is 1.37. The molecule has 43 heavy (non-hydrogen) atoms. The summed E-state index contributed by atoms with van der Waals surface area (Å²) in [7, 11) is 4.30. The van der Waals surface area contributed by atoms with Crippen LogP contribution < -0.4 is 15.0 Å². The zero-order chi connectivity index (χ0) is 30.0. The molecular formula is C34H42N6O3. The molecule has 3 heterocycles. The second kappa shape index (κ2) is 14.8. The van der Waals surface area contributed by atoms with E-state index >= 15 is 0 Å². The van der Waals surface area contributed by atoms with Crippen LogP contribution in [0.5, 0.6) is 5.75 Å². The summed E-state index contributed by atoms with van der Waals surface area (Å²) in [4.78, 5) is 27.8. The van der Waals surface area contributed by atoms with Crippen LogP contribution in [-0.2, 0) is 16.1 Å². The average molecular weight is 583 g/mol. The Kier molecular flexibility index (Phi) is 10.4. The van der Waals surface area contributed by atoms with Gasteiger partial charge in [-0.15, -0.1) is 0 Å². The number of nitrogens with one attached hydrogen (secondary N) is 1. The van der Waals surface area contributed by atoms with Crippen molar-refractivity contribution in [1.29, 1.82) is 0 Å².